The summed E-state index contributed by atoms with van der Waals surface area (Å²) in [5.74, 6) is 1.55. The number of aryl methyl sites for hydroxylation is 1. The van der Waals surface area contributed by atoms with Crippen molar-refractivity contribution in [1.29, 1.82) is 0 Å². The van der Waals surface area contributed by atoms with Crippen LogP contribution in [-0.2, 0) is 9.47 Å². The Morgan fingerprint density at radius 3 is 3.00 bits per heavy atom. The Morgan fingerprint density at radius 1 is 1.44 bits per heavy atom. The van der Waals surface area contributed by atoms with Crippen molar-refractivity contribution in [2.45, 2.75) is 20.0 Å². The Labute approximate surface area is 95.2 Å². The Balaban J connectivity index is 2.18. The molecule has 1 N–H and O–H groups in total. The molecule has 2 rings (SSSR count). The maximum atomic E-state index is 5.57. The highest BCUT2D eigenvalue weighted by Gasteiger charge is 2.20. The zero-order valence-electron chi connectivity index (χ0n) is 9.69. The number of rotatable bonds is 3. The van der Waals surface area contributed by atoms with Crippen LogP contribution in [0.15, 0.2) is 6.07 Å². The summed E-state index contributed by atoms with van der Waals surface area (Å²) in [5.41, 5.74) is 0.940. The average Bonchev–Trinajstić information content (AvgIpc) is 2.30. The number of aromatic nitrogens is 2. The van der Waals surface area contributed by atoms with Crippen LogP contribution < -0.4 is 5.32 Å². The number of nitrogens with zero attached hydrogens (tertiary/aromatic N) is 2. The van der Waals surface area contributed by atoms with Crippen LogP contribution in [-0.4, -0.2) is 36.3 Å². The number of anilines is 1. The van der Waals surface area contributed by atoms with E-state index in [4.69, 9.17) is 9.47 Å². The van der Waals surface area contributed by atoms with Crippen LogP contribution in [0.4, 0.5) is 5.82 Å². The van der Waals surface area contributed by atoms with Crippen molar-refractivity contribution in [3.05, 3.63) is 17.6 Å². The van der Waals surface area contributed by atoms with E-state index in [1.165, 1.54) is 0 Å². The molecule has 0 radical (unpaired) electrons. The summed E-state index contributed by atoms with van der Waals surface area (Å²) in [6, 6.07) is 1.93. The smallest absolute Gasteiger partial charge is 0.162 e. The van der Waals surface area contributed by atoms with Gasteiger partial charge in [0.2, 0.25) is 0 Å². The summed E-state index contributed by atoms with van der Waals surface area (Å²) in [7, 11) is 0. The van der Waals surface area contributed by atoms with E-state index in [9.17, 15) is 0 Å². The first-order valence-electron chi connectivity index (χ1n) is 5.58. The first-order chi connectivity index (χ1) is 7.79. The molecule has 1 aromatic rings. The van der Waals surface area contributed by atoms with Crippen molar-refractivity contribution >= 4 is 5.82 Å². The van der Waals surface area contributed by atoms with Gasteiger partial charge in [0.15, 0.2) is 5.82 Å². The van der Waals surface area contributed by atoms with Crippen LogP contribution in [0.1, 0.15) is 24.5 Å². The van der Waals surface area contributed by atoms with Crippen LogP contribution in [0.5, 0.6) is 0 Å². The summed E-state index contributed by atoms with van der Waals surface area (Å²) in [4.78, 5) is 8.80. The molecule has 0 aromatic carbocycles. The second-order valence-electron chi connectivity index (χ2n) is 3.72. The normalized spacial score (nSPS) is 20.8. The molecule has 1 unspecified atom stereocenters. The van der Waals surface area contributed by atoms with Gasteiger partial charge in [-0.2, -0.15) is 0 Å². The average molecular weight is 223 g/mol. The SMILES string of the molecule is CCNc1cc(C)nc(C2COCCO2)n1. The third kappa shape index (κ3) is 2.68. The minimum atomic E-state index is -0.133. The van der Waals surface area contributed by atoms with Gasteiger partial charge in [0.05, 0.1) is 19.8 Å². The van der Waals surface area contributed by atoms with E-state index in [0.29, 0.717) is 25.6 Å². The molecule has 0 bridgehead atoms. The van der Waals surface area contributed by atoms with Gasteiger partial charge in [0.1, 0.15) is 11.9 Å². The monoisotopic (exact) mass is 223 g/mol. The molecule has 0 spiro atoms. The second kappa shape index (κ2) is 5.23. The quantitative estimate of drug-likeness (QED) is 0.837. The molecule has 5 nitrogen and oxygen atoms in total. The molecule has 1 aliphatic heterocycles. The first-order valence-corrected chi connectivity index (χ1v) is 5.58. The summed E-state index contributed by atoms with van der Waals surface area (Å²) < 4.78 is 10.9. The van der Waals surface area contributed by atoms with Crippen LogP contribution >= 0.6 is 0 Å². The summed E-state index contributed by atoms with van der Waals surface area (Å²) in [5, 5.41) is 3.18. The van der Waals surface area contributed by atoms with Crippen molar-refractivity contribution < 1.29 is 9.47 Å². The zero-order valence-corrected chi connectivity index (χ0v) is 9.69. The van der Waals surface area contributed by atoms with E-state index >= 15 is 0 Å². The third-order valence-corrected chi connectivity index (χ3v) is 2.33. The molecule has 5 heteroatoms. The van der Waals surface area contributed by atoms with Gasteiger partial charge in [-0.3, -0.25) is 0 Å². The zero-order chi connectivity index (χ0) is 11.4. The molecule has 0 aliphatic carbocycles. The van der Waals surface area contributed by atoms with E-state index in [1.807, 2.05) is 19.9 Å². The highest BCUT2D eigenvalue weighted by molar-refractivity contribution is 5.35. The lowest BCUT2D eigenvalue weighted by molar-refractivity contribution is -0.0935. The molecule has 2 heterocycles. The highest BCUT2D eigenvalue weighted by Crippen LogP contribution is 2.19. The van der Waals surface area contributed by atoms with Gasteiger partial charge in [-0.1, -0.05) is 0 Å². The van der Waals surface area contributed by atoms with Gasteiger partial charge in [0.25, 0.3) is 0 Å². The van der Waals surface area contributed by atoms with Crippen LogP contribution in [0.3, 0.4) is 0 Å². The number of hydrogen-bond acceptors (Lipinski definition) is 5. The van der Waals surface area contributed by atoms with Crippen molar-refractivity contribution in [3.8, 4) is 0 Å². The minimum Gasteiger partial charge on any atom is -0.376 e. The minimum absolute atomic E-state index is 0.133. The predicted octanol–water partition coefficient (Wildman–Crippen LogP) is 1.30. The topological polar surface area (TPSA) is 56.3 Å². The molecule has 1 aliphatic rings. The summed E-state index contributed by atoms with van der Waals surface area (Å²) in [6.07, 6.45) is -0.133. The molecule has 1 aromatic heterocycles. The fourth-order valence-corrected chi connectivity index (χ4v) is 1.64. The Bertz CT molecular complexity index is 351. The van der Waals surface area contributed by atoms with Gasteiger partial charge < -0.3 is 14.8 Å². The fourth-order valence-electron chi connectivity index (χ4n) is 1.64. The molecule has 1 atom stereocenters. The van der Waals surface area contributed by atoms with Gasteiger partial charge in [-0.15, -0.1) is 0 Å². The Hall–Kier alpha value is -1.20. The molecule has 0 saturated carbocycles. The third-order valence-electron chi connectivity index (χ3n) is 2.33. The van der Waals surface area contributed by atoms with E-state index in [2.05, 4.69) is 15.3 Å². The number of ether oxygens (including phenoxy) is 2. The highest BCUT2D eigenvalue weighted by atomic mass is 16.6. The van der Waals surface area contributed by atoms with Crippen molar-refractivity contribution in [2.24, 2.45) is 0 Å². The Kier molecular flexibility index (Phi) is 3.69. The molecular formula is C11H17N3O2. The maximum Gasteiger partial charge on any atom is 0.162 e. The lowest BCUT2D eigenvalue weighted by Gasteiger charge is -2.22. The second-order valence-corrected chi connectivity index (χ2v) is 3.72. The number of hydrogen-bond donors (Lipinski definition) is 1. The van der Waals surface area contributed by atoms with Crippen LogP contribution in [0.25, 0.3) is 0 Å². The molecule has 88 valence electrons. The molecule has 1 fully saturated rings. The van der Waals surface area contributed by atoms with Gasteiger partial charge >= 0.3 is 0 Å². The lowest BCUT2D eigenvalue weighted by Crippen LogP contribution is -2.24. The Morgan fingerprint density at radius 2 is 2.31 bits per heavy atom. The fraction of sp³-hybridized carbons (Fsp3) is 0.636. The lowest BCUT2D eigenvalue weighted by atomic mass is 10.3. The standard InChI is InChI=1S/C11H17N3O2/c1-3-12-10-6-8(2)13-11(14-10)9-7-15-4-5-16-9/h6,9H,3-5,7H2,1-2H3,(H,12,13,14). The first kappa shape index (κ1) is 11.3. The molecule has 16 heavy (non-hydrogen) atoms. The largest absolute Gasteiger partial charge is 0.376 e. The predicted molar refractivity (Wildman–Crippen MR) is 60.4 cm³/mol. The summed E-state index contributed by atoms with van der Waals surface area (Å²) in [6.45, 7) is 6.64. The van der Waals surface area contributed by atoms with Crippen LogP contribution in [0, 0.1) is 6.92 Å². The maximum absolute atomic E-state index is 5.57. The van der Waals surface area contributed by atoms with Crippen molar-refractivity contribution in [1.82, 2.24) is 9.97 Å². The van der Waals surface area contributed by atoms with Gasteiger partial charge in [-0.05, 0) is 13.8 Å². The molecule has 1 saturated heterocycles. The van der Waals surface area contributed by atoms with Crippen LogP contribution in [0.2, 0.25) is 0 Å². The van der Waals surface area contributed by atoms with E-state index in [1.54, 1.807) is 0 Å². The van der Waals surface area contributed by atoms with Gasteiger partial charge in [-0.25, -0.2) is 9.97 Å². The van der Waals surface area contributed by atoms with E-state index in [0.717, 1.165) is 18.1 Å². The van der Waals surface area contributed by atoms with Gasteiger partial charge in [0, 0.05) is 18.3 Å². The van der Waals surface area contributed by atoms with E-state index in [-0.39, 0.29) is 6.10 Å². The van der Waals surface area contributed by atoms with E-state index < -0.39 is 0 Å². The van der Waals surface area contributed by atoms with Crippen molar-refractivity contribution in [3.63, 3.8) is 0 Å². The molecular weight excluding hydrogens is 206 g/mol. The number of nitrogens with one attached hydrogen (secondary N) is 1. The van der Waals surface area contributed by atoms with Crippen molar-refractivity contribution in [2.75, 3.05) is 31.7 Å². The summed E-state index contributed by atoms with van der Waals surface area (Å²) >= 11 is 0. The molecule has 0 amide bonds.